The lowest BCUT2D eigenvalue weighted by Gasteiger charge is -2.23. The van der Waals surface area contributed by atoms with Crippen LogP contribution in [0.25, 0.3) is 0 Å². The number of rotatable bonds is 6. The van der Waals surface area contributed by atoms with Crippen LogP contribution in [0.5, 0.6) is 0 Å². The van der Waals surface area contributed by atoms with Crippen molar-refractivity contribution in [3.8, 4) is 0 Å². The van der Waals surface area contributed by atoms with E-state index < -0.39 is 16.1 Å². The third-order valence-corrected chi connectivity index (χ3v) is 2.42. The van der Waals surface area contributed by atoms with Gasteiger partial charge in [-0.15, -0.1) is 0 Å². The molecule has 18 heavy (non-hydrogen) atoms. The largest absolute Gasteiger partial charge is 0.544 e. The highest BCUT2D eigenvalue weighted by molar-refractivity contribution is 7.85. The Morgan fingerprint density at radius 2 is 1.72 bits per heavy atom. The molecular weight excluding hydrogens is 260 g/mol. The Morgan fingerprint density at radius 3 is 1.89 bits per heavy atom. The van der Waals surface area contributed by atoms with Gasteiger partial charge in [-0.05, 0) is 27.1 Å². The molecule has 8 heteroatoms. The molecule has 110 valence electrons. The predicted molar refractivity (Wildman–Crippen MR) is 67.5 cm³/mol. The second-order valence-electron chi connectivity index (χ2n) is 5.26. The highest BCUT2D eigenvalue weighted by atomic mass is 32.2. The second-order valence-corrected chi connectivity index (χ2v) is 6.84. The molecule has 0 bridgehead atoms. The summed E-state index contributed by atoms with van der Waals surface area (Å²) in [6.45, 7) is 0.750. The van der Waals surface area contributed by atoms with Crippen LogP contribution in [0.1, 0.15) is 6.42 Å². The van der Waals surface area contributed by atoms with E-state index in [1.807, 2.05) is 19.0 Å². The van der Waals surface area contributed by atoms with Crippen molar-refractivity contribution < 1.29 is 27.4 Å². The topological polar surface area (TPSA) is 97.7 Å². The van der Waals surface area contributed by atoms with Crippen molar-refractivity contribution in [1.82, 2.24) is 4.90 Å². The zero-order valence-corrected chi connectivity index (χ0v) is 12.5. The minimum Gasteiger partial charge on any atom is -0.544 e. The van der Waals surface area contributed by atoms with Crippen molar-refractivity contribution in [2.24, 2.45) is 0 Å². The summed E-state index contributed by atoms with van der Waals surface area (Å²) in [5.41, 5.74) is 0. The molecule has 0 aromatic carbocycles. The third kappa shape index (κ3) is 24.5. The normalized spacial score (nSPS) is 11.9. The van der Waals surface area contributed by atoms with Crippen LogP contribution in [0.2, 0.25) is 0 Å². The summed E-state index contributed by atoms with van der Waals surface area (Å²) in [5, 5.41) is 9.89. The fraction of sp³-hybridized carbons (Fsp3) is 0.900. The van der Waals surface area contributed by atoms with Crippen LogP contribution >= 0.6 is 0 Å². The fourth-order valence-electron chi connectivity index (χ4n) is 0.950. The van der Waals surface area contributed by atoms with Gasteiger partial charge in [0.05, 0.1) is 32.9 Å². The van der Waals surface area contributed by atoms with Crippen LogP contribution in [0.4, 0.5) is 0 Å². The number of hydrogen-bond acceptors (Lipinski definition) is 5. The number of aliphatic carboxylic acids is 1. The van der Waals surface area contributed by atoms with Gasteiger partial charge < -0.3 is 19.3 Å². The first-order valence-electron chi connectivity index (χ1n) is 5.43. The lowest BCUT2D eigenvalue weighted by molar-refractivity contribution is -0.864. The van der Waals surface area contributed by atoms with E-state index in [9.17, 15) is 18.3 Å². The van der Waals surface area contributed by atoms with E-state index >= 15 is 0 Å². The van der Waals surface area contributed by atoms with Gasteiger partial charge in [-0.2, -0.15) is 8.42 Å². The lowest BCUT2D eigenvalue weighted by Crippen LogP contribution is -2.45. The Balaban J connectivity index is 0. The summed E-state index contributed by atoms with van der Waals surface area (Å²) >= 11 is 0. The monoisotopic (exact) mass is 284 g/mol. The Hall–Kier alpha value is -0.700. The minimum atomic E-state index is -3.75. The molecule has 0 aliphatic heterocycles. The zero-order valence-electron chi connectivity index (χ0n) is 11.7. The summed E-state index contributed by atoms with van der Waals surface area (Å²) in [4.78, 5) is 11.8. The lowest BCUT2D eigenvalue weighted by atomic mass is 10.5. The van der Waals surface area contributed by atoms with Crippen LogP contribution in [-0.4, -0.2) is 82.4 Å². The van der Waals surface area contributed by atoms with E-state index in [1.54, 1.807) is 21.1 Å². The molecule has 0 saturated carbocycles. The molecule has 0 aromatic rings. The highest BCUT2D eigenvalue weighted by Gasteiger charge is 2.04. The van der Waals surface area contributed by atoms with E-state index in [-0.39, 0.29) is 12.3 Å². The molecule has 0 fully saturated rings. The van der Waals surface area contributed by atoms with E-state index in [4.69, 9.17) is 4.55 Å². The maximum absolute atomic E-state index is 10.1. The van der Waals surface area contributed by atoms with Crippen LogP contribution in [-0.2, 0) is 14.9 Å². The Kier molecular flexibility index (Phi) is 9.17. The average Bonchev–Trinajstić information content (AvgIpc) is 1.95. The first-order valence-corrected chi connectivity index (χ1v) is 7.04. The minimum absolute atomic E-state index is 0.0694. The van der Waals surface area contributed by atoms with Gasteiger partial charge in [-0.25, -0.2) is 0 Å². The van der Waals surface area contributed by atoms with E-state index in [0.717, 1.165) is 0 Å². The molecule has 0 spiro atoms. The Labute approximate surface area is 109 Å². The number of likely N-dealkylation sites (N-methyl/N-ethyl adjacent to an activating group) is 1. The molecule has 1 N–H and O–H groups in total. The summed E-state index contributed by atoms with van der Waals surface area (Å²) in [5.74, 6) is -1.15. The second kappa shape index (κ2) is 8.41. The van der Waals surface area contributed by atoms with Gasteiger partial charge in [0.2, 0.25) is 0 Å². The van der Waals surface area contributed by atoms with Gasteiger partial charge >= 0.3 is 0 Å². The van der Waals surface area contributed by atoms with Gasteiger partial charge in [0.25, 0.3) is 10.1 Å². The molecule has 0 heterocycles. The fourth-order valence-corrected chi connectivity index (χ4v) is 1.44. The number of nitrogens with zero attached hydrogens (tertiary/aromatic N) is 2. The molecule has 0 amide bonds. The Bertz CT molecular complexity index is 333. The van der Waals surface area contributed by atoms with E-state index in [1.165, 1.54) is 0 Å². The predicted octanol–water partition coefficient (Wildman–Crippen LogP) is -1.73. The zero-order chi connectivity index (χ0) is 15.0. The molecule has 0 saturated heterocycles. The molecule has 0 unspecified atom stereocenters. The van der Waals surface area contributed by atoms with E-state index in [2.05, 4.69) is 0 Å². The summed E-state index contributed by atoms with van der Waals surface area (Å²) in [6, 6.07) is 0. The van der Waals surface area contributed by atoms with Crippen molar-refractivity contribution >= 4 is 16.1 Å². The first-order chi connectivity index (χ1) is 7.83. The molecule has 0 aliphatic rings. The van der Waals surface area contributed by atoms with Crippen molar-refractivity contribution in [2.75, 3.05) is 54.1 Å². The molecule has 0 aromatic heterocycles. The third-order valence-electron chi connectivity index (χ3n) is 1.61. The molecule has 0 radical (unpaired) electrons. The maximum atomic E-state index is 10.1. The first kappa shape index (κ1) is 19.6. The number of carboxylic acids is 1. The highest BCUT2D eigenvalue weighted by Crippen LogP contribution is 1.89. The quantitative estimate of drug-likeness (QED) is 0.460. The standard InChI is InChI=1S/C5H13NO3S.C5H11NO2/c1-6(2)4-3-5-10(7,8)9;1-6(2,3)4-5(7)8/h3-5H2,1-2H3,(H,7,8,9);4H2,1-3H3. The van der Waals surface area contributed by atoms with Crippen molar-refractivity contribution in [1.29, 1.82) is 0 Å². The summed E-state index contributed by atoms with van der Waals surface area (Å²) < 4.78 is 29.0. The van der Waals surface area contributed by atoms with Gasteiger partial charge in [-0.1, -0.05) is 0 Å². The number of carboxylic acid groups (broad SMARTS) is 1. The number of carbonyl (C=O) groups excluding carboxylic acids is 1. The van der Waals surface area contributed by atoms with E-state index in [0.29, 0.717) is 17.4 Å². The summed E-state index contributed by atoms with van der Waals surface area (Å²) in [6.07, 6.45) is 0.478. The van der Waals surface area contributed by atoms with Gasteiger partial charge in [-0.3, -0.25) is 4.55 Å². The van der Waals surface area contributed by atoms with Crippen molar-refractivity contribution in [3.05, 3.63) is 0 Å². The number of carbonyl (C=O) groups is 1. The van der Waals surface area contributed by atoms with Crippen LogP contribution in [0, 0.1) is 0 Å². The average molecular weight is 284 g/mol. The van der Waals surface area contributed by atoms with Crippen LogP contribution in [0.15, 0.2) is 0 Å². The van der Waals surface area contributed by atoms with Gasteiger partial charge in [0.1, 0.15) is 6.54 Å². The molecular formula is C10H24N2O5S. The maximum Gasteiger partial charge on any atom is 0.264 e. The number of quaternary nitrogens is 1. The molecule has 0 rings (SSSR count). The summed E-state index contributed by atoms with van der Waals surface area (Å²) in [7, 11) is 5.36. The SMILES string of the molecule is CN(C)CCCS(=O)(=O)O.C[N+](C)(C)CC(=O)[O-]. The van der Waals surface area contributed by atoms with Crippen molar-refractivity contribution in [3.63, 3.8) is 0 Å². The molecule has 0 atom stereocenters. The van der Waals surface area contributed by atoms with Crippen LogP contribution < -0.4 is 5.11 Å². The van der Waals surface area contributed by atoms with Gasteiger partial charge in [0, 0.05) is 0 Å². The van der Waals surface area contributed by atoms with Crippen LogP contribution in [0.3, 0.4) is 0 Å². The molecule has 7 nitrogen and oxygen atoms in total. The van der Waals surface area contributed by atoms with Gasteiger partial charge in [0.15, 0.2) is 0 Å². The smallest absolute Gasteiger partial charge is 0.264 e. The Morgan fingerprint density at radius 1 is 1.28 bits per heavy atom. The molecule has 0 aliphatic carbocycles. The van der Waals surface area contributed by atoms with Crippen molar-refractivity contribution in [2.45, 2.75) is 6.42 Å². The number of hydrogen-bond donors (Lipinski definition) is 1.